The van der Waals surface area contributed by atoms with Crippen LogP contribution < -0.4 is 0 Å². The first-order chi connectivity index (χ1) is 8.13. The molecular formula is C14H19BrO2. The van der Waals surface area contributed by atoms with Crippen LogP contribution in [0.25, 0.3) is 0 Å². The van der Waals surface area contributed by atoms with E-state index in [1.54, 1.807) is 0 Å². The summed E-state index contributed by atoms with van der Waals surface area (Å²) in [6, 6.07) is 7.89. The third-order valence-corrected chi connectivity index (χ3v) is 3.43. The van der Waals surface area contributed by atoms with Crippen molar-refractivity contribution in [1.82, 2.24) is 0 Å². The third kappa shape index (κ3) is 5.35. The largest absolute Gasteiger partial charge is 0.481 e. The van der Waals surface area contributed by atoms with E-state index in [0.29, 0.717) is 6.42 Å². The van der Waals surface area contributed by atoms with Crippen molar-refractivity contribution in [3.8, 4) is 0 Å². The quantitative estimate of drug-likeness (QED) is 0.763. The molecule has 0 aliphatic heterocycles. The molecule has 1 rings (SSSR count). The maximum absolute atomic E-state index is 11.2. The minimum atomic E-state index is -0.677. The van der Waals surface area contributed by atoms with Gasteiger partial charge in [-0.15, -0.1) is 0 Å². The summed E-state index contributed by atoms with van der Waals surface area (Å²) in [7, 11) is 0. The van der Waals surface area contributed by atoms with Crippen molar-refractivity contribution >= 4 is 21.9 Å². The predicted molar refractivity (Wildman–Crippen MR) is 73.1 cm³/mol. The highest BCUT2D eigenvalue weighted by Gasteiger charge is 2.17. The fourth-order valence-electron chi connectivity index (χ4n) is 1.86. The number of aliphatic carboxylic acids is 1. The third-order valence-electron chi connectivity index (χ3n) is 2.90. The molecule has 1 atom stereocenters. The van der Waals surface area contributed by atoms with Crippen molar-refractivity contribution in [1.29, 1.82) is 0 Å². The summed E-state index contributed by atoms with van der Waals surface area (Å²) in [5.74, 6) is -0.924. The summed E-state index contributed by atoms with van der Waals surface area (Å²) in [6.45, 7) is 2.13. The first-order valence-electron chi connectivity index (χ1n) is 6.10. The fraction of sp³-hybridized carbons (Fsp3) is 0.500. The predicted octanol–water partition coefficient (Wildman–Crippen LogP) is 4.27. The molecular weight excluding hydrogens is 280 g/mol. The number of benzene rings is 1. The van der Waals surface area contributed by atoms with Crippen LogP contribution in [-0.2, 0) is 11.2 Å². The number of carbonyl (C=O) groups is 1. The molecule has 1 aromatic rings. The minimum Gasteiger partial charge on any atom is -0.481 e. The molecule has 0 bridgehead atoms. The molecule has 0 spiro atoms. The van der Waals surface area contributed by atoms with Crippen molar-refractivity contribution in [3.05, 3.63) is 34.3 Å². The second-order valence-electron chi connectivity index (χ2n) is 4.36. The Morgan fingerprint density at radius 2 is 1.94 bits per heavy atom. The molecule has 0 saturated heterocycles. The van der Waals surface area contributed by atoms with Gasteiger partial charge < -0.3 is 5.11 Å². The molecule has 2 nitrogen and oxygen atoms in total. The van der Waals surface area contributed by atoms with E-state index >= 15 is 0 Å². The monoisotopic (exact) mass is 298 g/mol. The van der Waals surface area contributed by atoms with Crippen LogP contribution in [0.4, 0.5) is 0 Å². The molecule has 17 heavy (non-hydrogen) atoms. The van der Waals surface area contributed by atoms with Crippen molar-refractivity contribution < 1.29 is 9.90 Å². The van der Waals surface area contributed by atoms with Gasteiger partial charge in [-0.1, -0.05) is 54.2 Å². The Labute approximate surface area is 111 Å². The Morgan fingerprint density at radius 1 is 1.29 bits per heavy atom. The maximum Gasteiger partial charge on any atom is 0.306 e. The molecule has 0 aromatic heterocycles. The molecule has 1 N–H and O–H groups in total. The molecule has 0 aliphatic rings. The summed E-state index contributed by atoms with van der Waals surface area (Å²) >= 11 is 3.38. The molecule has 1 unspecified atom stereocenters. The van der Waals surface area contributed by atoms with Crippen LogP contribution in [0, 0.1) is 5.92 Å². The first kappa shape index (κ1) is 14.2. The van der Waals surface area contributed by atoms with E-state index in [-0.39, 0.29) is 5.92 Å². The molecule has 0 saturated carbocycles. The second-order valence-corrected chi connectivity index (χ2v) is 5.28. The number of unbranched alkanes of at least 4 members (excludes halogenated alkanes) is 2. The van der Waals surface area contributed by atoms with E-state index in [1.165, 1.54) is 0 Å². The van der Waals surface area contributed by atoms with E-state index in [1.807, 2.05) is 24.3 Å². The van der Waals surface area contributed by atoms with Gasteiger partial charge in [0.05, 0.1) is 5.92 Å². The Hall–Kier alpha value is -0.830. The molecule has 0 amide bonds. The lowest BCUT2D eigenvalue weighted by atomic mass is 9.94. The lowest BCUT2D eigenvalue weighted by molar-refractivity contribution is -0.142. The number of hydrogen-bond donors (Lipinski definition) is 1. The standard InChI is InChI=1S/C14H19BrO2/c1-2-3-4-5-12(14(16)17)10-11-6-8-13(15)9-7-11/h6-9,12H,2-5,10H2,1H3,(H,16,17). The average molecular weight is 299 g/mol. The van der Waals surface area contributed by atoms with Gasteiger partial charge in [-0.05, 0) is 30.5 Å². The summed E-state index contributed by atoms with van der Waals surface area (Å²) < 4.78 is 1.03. The van der Waals surface area contributed by atoms with E-state index < -0.39 is 5.97 Å². The van der Waals surface area contributed by atoms with Crippen molar-refractivity contribution in [2.45, 2.75) is 39.0 Å². The molecule has 1 aromatic carbocycles. The van der Waals surface area contributed by atoms with Gasteiger partial charge in [-0.25, -0.2) is 0 Å². The zero-order valence-corrected chi connectivity index (χ0v) is 11.7. The number of rotatable bonds is 7. The van der Waals surface area contributed by atoms with E-state index in [2.05, 4.69) is 22.9 Å². The van der Waals surface area contributed by atoms with Gasteiger partial charge in [0, 0.05) is 4.47 Å². The van der Waals surface area contributed by atoms with E-state index in [4.69, 9.17) is 0 Å². The van der Waals surface area contributed by atoms with Gasteiger partial charge in [0.2, 0.25) is 0 Å². The molecule has 94 valence electrons. The Morgan fingerprint density at radius 3 is 2.47 bits per heavy atom. The number of carboxylic acids is 1. The van der Waals surface area contributed by atoms with Gasteiger partial charge in [0.25, 0.3) is 0 Å². The summed E-state index contributed by atoms with van der Waals surface area (Å²) in [4.78, 5) is 11.2. The Kier molecular flexibility index (Phi) is 6.27. The molecule has 0 heterocycles. The van der Waals surface area contributed by atoms with Gasteiger partial charge in [-0.3, -0.25) is 4.79 Å². The number of halogens is 1. The highest BCUT2D eigenvalue weighted by molar-refractivity contribution is 9.10. The van der Waals surface area contributed by atoms with Crippen LogP contribution in [0.3, 0.4) is 0 Å². The van der Waals surface area contributed by atoms with Crippen molar-refractivity contribution in [2.24, 2.45) is 5.92 Å². The van der Waals surface area contributed by atoms with Crippen LogP contribution in [0.15, 0.2) is 28.7 Å². The van der Waals surface area contributed by atoms with Crippen molar-refractivity contribution in [2.75, 3.05) is 0 Å². The lowest BCUT2D eigenvalue weighted by Crippen LogP contribution is -2.16. The Balaban J connectivity index is 2.54. The topological polar surface area (TPSA) is 37.3 Å². The van der Waals surface area contributed by atoms with Crippen LogP contribution >= 0.6 is 15.9 Å². The SMILES string of the molecule is CCCCCC(Cc1ccc(Br)cc1)C(=O)O. The van der Waals surface area contributed by atoms with Crippen LogP contribution in [0.1, 0.15) is 38.2 Å². The molecule has 3 heteroatoms. The van der Waals surface area contributed by atoms with Gasteiger partial charge in [-0.2, -0.15) is 0 Å². The van der Waals surface area contributed by atoms with Gasteiger partial charge >= 0.3 is 5.97 Å². The second kappa shape index (κ2) is 7.49. The molecule has 0 fully saturated rings. The molecule has 0 aliphatic carbocycles. The zero-order valence-electron chi connectivity index (χ0n) is 10.2. The van der Waals surface area contributed by atoms with Gasteiger partial charge in [0.1, 0.15) is 0 Å². The lowest BCUT2D eigenvalue weighted by Gasteiger charge is -2.12. The van der Waals surface area contributed by atoms with Crippen LogP contribution in [-0.4, -0.2) is 11.1 Å². The first-order valence-corrected chi connectivity index (χ1v) is 6.90. The maximum atomic E-state index is 11.2. The highest BCUT2D eigenvalue weighted by atomic mass is 79.9. The average Bonchev–Trinajstić information content (AvgIpc) is 2.30. The van der Waals surface area contributed by atoms with E-state index in [0.717, 1.165) is 35.7 Å². The Bertz CT molecular complexity index is 346. The van der Waals surface area contributed by atoms with Gasteiger partial charge in [0.15, 0.2) is 0 Å². The normalized spacial score (nSPS) is 12.4. The zero-order chi connectivity index (χ0) is 12.7. The fourth-order valence-corrected chi connectivity index (χ4v) is 2.12. The minimum absolute atomic E-state index is 0.247. The summed E-state index contributed by atoms with van der Waals surface area (Å²) in [5.41, 5.74) is 1.09. The highest BCUT2D eigenvalue weighted by Crippen LogP contribution is 2.18. The van der Waals surface area contributed by atoms with Crippen LogP contribution in [0.5, 0.6) is 0 Å². The van der Waals surface area contributed by atoms with Crippen molar-refractivity contribution in [3.63, 3.8) is 0 Å². The summed E-state index contributed by atoms with van der Waals surface area (Å²) in [6.07, 6.45) is 4.66. The number of carboxylic acid groups (broad SMARTS) is 1. The number of hydrogen-bond acceptors (Lipinski definition) is 1. The molecule has 0 radical (unpaired) electrons. The van der Waals surface area contributed by atoms with E-state index in [9.17, 15) is 9.90 Å². The van der Waals surface area contributed by atoms with Crippen LogP contribution in [0.2, 0.25) is 0 Å². The summed E-state index contributed by atoms with van der Waals surface area (Å²) in [5, 5.41) is 9.18. The smallest absolute Gasteiger partial charge is 0.306 e.